The fourth-order valence-electron chi connectivity index (χ4n) is 5.46. The molecule has 0 aliphatic carbocycles. The minimum atomic E-state index is -0.760. The van der Waals surface area contributed by atoms with Crippen molar-refractivity contribution in [2.75, 3.05) is 31.5 Å². The number of rotatable bonds is 9. The van der Waals surface area contributed by atoms with E-state index in [0.29, 0.717) is 5.92 Å². The van der Waals surface area contributed by atoms with E-state index in [1.165, 1.54) is 17.7 Å². The van der Waals surface area contributed by atoms with Crippen LogP contribution in [-0.2, 0) is 17.6 Å². The van der Waals surface area contributed by atoms with Gasteiger partial charge in [0.1, 0.15) is 18.0 Å². The quantitative estimate of drug-likeness (QED) is 0.486. The van der Waals surface area contributed by atoms with Crippen molar-refractivity contribution in [1.29, 1.82) is 0 Å². The number of benzene rings is 1. The fourth-order valence-corrected chi connectivity index (χ4v) is 5.46. The summed E-state index contributed by atoms with van der Waals surface area (Å²) in [6, 6.07) is 12.5. The lowest BCUT2D eigenvalue weighted by atomic mass is 9.94. The molecule has 2 aromatic heterocycles. The highest BCUT2D eigenvalue weighted by atomic mass is 16.4. The molecule has 0 spiro atoms. The predicted octanol–water partition coefficient (Wildman–Crippen LogP) is 3.84. The smallest absolute Gasteiger partial charge is 0.304 e. The number of aryl methyl sites for hydroxylation is 3. The summed E-state index contributed by atoms with van der Waals surface area (Å²) in [5.41, 5.74) is 4.51. The van der Waals surface area contributed by atoms with Gasteiger partial charge >= 0.3 is 5.97 Å². The zero-order valence-electron chi connectivity index (χ0n) is 20.4. The van der Waals surface area contributed by atoms with E-state index >= 15 is 0 Å². The number of carbonyl (C=O) groups is 1. The van der Waals surface area contributed by atoms with Crippen LogP contribution in [0, 0.1) is 12.8 Å². The van der Waals surface area contributed by atoms with Crippen LogP contribution in [0.1, 0.15) is 54.2 Å². The summed E-state index contributed by atoms with van der Waals surface area (Å²) >= 11 is 0. The number of aromatic nitrogens is 4. The molecule has 1 unspecified atom stereocenters. The number of pyridine rings is 1. The molecular formula is C27H34N6O2. The van der Waals surface area contributed by atoms with Gasteiger partial charge in [-0.1, -0.05) is 18.2 Å². The molecule has 2 aliphatic rings. The first-order valence-corrected chi connectivity index (χ1v) is 12.7. The third kappa shape index (κ3) is 5.70. The summed E-state index contributed by atoms with van der Waals surface area (Å²) < 4.78 is 1.93. The lowest BCUT2D eigenvalue weighted by molar-refractivity contribution is -0.137. The van der Waals surface area contributed by atoms with E-state index in [4.69, 9.17) is 4.98 Å². The number of nitrogens with zero attached hydrogens (tertiary/aromatic N) is 5. The first-order valence-electron chi connectivity index (χ1n) is 12.7. The standard InChI is InChI=1S/C27H34N6O2/c1-19-31-29-18-33(19)25-6-2-4-22(14-25)23(15-26(34)35)17-32-13-11-20(16-32)7-9-24-10-8-21-5-3-12-28-27(21)30-24/h2,4,6,8,10,14,18,20,23H,3,5,7,9,11-13,15-17H2,1H3,(H,28,30)(H,34,35)/t20-,23?/m1/s1. The molecule has 8 heteroatoms. The van der Waals surface area contributed by atoms with Gasteiger partial charge in [0.15, 0.2) is 0 Å². The van der Waals surface area contributed by atoms with Crippen LogP contribution in [0.4, 0.5) is 5.82 Å². The number of hydrogen-bond acceptors (Lipinski definition) is 6. The Balaban J connectivity index is 1.20. The minimum Gasteiger partial charge on any atom is -0.481 e. The van der Waals surface area contributed by atoms with Gasteiger partial charge in [0.25, 0.3) is 0 Å². The monoisotopic (exact) mass is 474 g/mol. The van der Waals surface area contributed by atoms with Gasteiger partial charge in [0.05, 0.1) is 6.42 Å². The van der Waals surface area contributed by atoms with E-state index in [1.54, 1.807) is 6.33 Å². The SMILES string of the molecule is Cc1nncn1-c1cccc(C(CC(=O)O)CN2CC[C@@H](CCc3ccc4c(n3)NCCC4)C2)c1. The minimum absolute atomic E-state index is 0.0589. The Kier molecular flexibility index (Phi) is 7.08. The van der Waals surface area contributed by atoms with Gasteiger partial charge in [-0.25, -0.2) is 4.98 Å². The van der Waals surface area contributed by atoms with Crippen LogP contribution in [-0.4, -0.2) is 61.9 Å². The van der Waals surface area contributed by atoms with E-state index in [2.05, 4.69) is 38.6 Å². The molecule has 1 aromatic carbocycles. The largest absolute Gasteiger partial charge is 0.481 e. The van der Waals surface area contributed by atoms with Gasteiger partial charge in [0.2, 0.25) is 0 Å². The normalized spacial score (nSPS) is 18.7. The van der Waals surface area contributed by atoms with Gasteiger partial charge < -0.3 is 15.3 Å². The molecule has 2 aliphatic heterocycles. The molecule has 5 rings (SSSR count). The molecule has 0 amide bonds. The molecule has 35 heavy (non-hydrogen) atoms. The fraction of sp³-hybridized carbons (Fsp3) is 0.481. The molecule has 2 N–H and O–H groups in total. The van der Waals surface area contributed by atoms with E-state index in [1.807, 2.05) is 29.7 Å². The van der Waals surface area contributed by atoms with Crippen molar-refractivity contribution in [1.82, 2.24) is 24.6 Å². The van der Waals surface area contributed by atoms with Crippen molar-refractivity contribution in [2.24, 2.45) is 5.92 Å². The number of anilines is 1. The molecule has 0 radical (unpaired) electrons. The van der Waals surface area contributed by atoms with Crippen molar-refractivity contribution < 1.29 is 9.90 Å². The van der Waals surface area contributed by atoms with Crippen LogP contribution in [0.15, 0.2) is 42.7 Å². The summed E-state index contributed by atoms with van der Waals surface area (Å²) in [6.07, 6.45) is 7.38. The third-order valence-electron chi connectivity index (χ3n) is 7.37. The second kappa shape index (κ2) is 10.6. The molecule has 3 aromatic rings. The number of fused-ring (bicyclic) bond motifs is 1. The molecule has 1 fully saturated rings. The summed E-state index contributed by atoms with van der Waals surface area (Å²) in [5.74, 6) is 1.68. The third-order valence-corrected chi connectivity index (χ3v) is 7.37. The maximum absolute atomic E-state index is 11.7. The topological polar surface area (TPSA) is 96.2 Å². The Morgan fingerprint density at radius 1 is 1.29 bits per heavy atom. The molecule has 184 valence electrons. The molecule has 0 saturated carbocycles. The van der Waals surface area contributed by atoms with E-state index in [0.717, 1.165) is 74.8 Å². The second-order valence-electron chi connectivity index (χ2n) is 9.93. The molecule has 8 nitrogen and oxygen atoms in total. The van der Waals surface area contributed by atoms with Crippen molar-refractivity contribution in [3.8, 4) is 5.69 Å². The Hall–Kier alpha value is -3.26. The highest BCUT2D eigenvalue weighted by molar-refractivity contribution is 5.68. The van der Waals surface area contributed by atoms with Gasteiger partial charge in [-0.15, -0.1) is 10.2 Å². The molecule has 1 saturated heterocycles. The summed E-state index contributed by atoms with van der Waals surface area (Å²) in [4.78, 5) is 19.0. The summed E-state index contributed by atoms with van der Waals surface area (Å²) in [7, 11) is 0. The first kappa shape index (κ1) is 23.5. The van der Waals surface area contributed by atoms with Crippen molar-refractivity contribution >= 4 is 11.8 Å². The van der Waals surface area contributed by atoms with Crippen molar-refractivity contribution in [3.05, 3.63) is 65.4 Å². The predicted molar refractivity (Wildman–Crippen MR) is 135 cm³/mol. The number of carboxylic acid groups (broad SMARTS) is 1. The average Bonchev–Trinajstić information content (AvgIpc) is 3.50. The Labute approximate surface area is 206 Å². The maximum Gasteiger partial charge on any atom is 0.304 e. The number of aliphatic carboxylic acids is 1. The summed E-state index contributed by atoms with van der Waals surface area (Å²) in [5, 5.41) is 21.1. The number of carboxylic acids is 1. The van der Waals surface area contributed by atoms with Gasteiger partial charge in [0, 0.05) is 36.9 Å². The molecule has 0 bridgehead atoms. The van der Waals surface area contributed by atoms with Crippen LogP contribution in [0.25, 0.3) is 5.69 Å². The number of nitrogens with one attached hydrogen (secondary N) is 1. The molecular weight excluding hydrogens is 440 g/mol. The first-order chi connectivity index (χ1) is 17.0. The Bertz CT molecular complexity index is 1180. The average molecular weight is 475 g/mol. The van der Waals surface area contributed by atoms with E-state index in [9.17, 15) is 9.90 Å². The number of hydrogen-bond donors (Lipinski definition) is 2. The lowest BCUT2D eigenvalue weighted by Gasteiger charge is -2.24. The Morgan fingerprint density at radius 3 is 3.03 bits per heavy atom. The zero-order chi connectivity index (χ0) is 24.2. The van der Waals surface area contributed by atoms with Gasteiger partial charge in [-0.05, 0) is 80.8 Å². The summed E-state index contributed by atoms with van der Waals surface area (Å²) in [6.45, 7) is 5.72. The lowest BCUT2D eigenvalue weighted by Crippen LogP contribution is -2.28. The highest BCUT2D eigenvalue weighted by Gasteiger charge is 2.27. The van der Waals surface area contributed by atoms with E-state index < -0.39 is 5.97 Å². The van der Waals surface area contributed by atoms with Crippen LogP contribution in [0.5, 0.6) is 0 Å². The van der Waals surface area contributed by atoms with Gasteiger partial charge in [-0.2, -0.15) is 0 Å². The molecule has 4 heterocycles. The van der Waals surface area contributed by atoms with Crippen LogP contribution in [0.2, 0.25) is 0 Å². The molecule has 2 atom stereocenters. The van der Waals surface area contributed by atoms with Gasteiger partial charge in [-0.3, -0.25) is 9.36 Å². The van der Waals surface area contributed by atoms with E-state index in [-0.39, 0.29) is 12.3 Å². The second-order valence-corrected chi connectivity index (χ2v) is 9.93. The highest BCUT2D eigenvalue weighted by Crippen LogP contribution is 2.29. The van der Waals surface area contributed by atoms with Crippen LogP contribution in [0.3, 0.4) is 0 Å². The van der Waals surface area contributed by atoms with Crippen molar-refractivity contribution in [3.63, 3.8) is 0 Å². The zero-order valence-corrected chi connectivity index (χ0v) is 20.4. The van der Waals surface area contributed by atoms with Crippen LogP contribution < -0.4 is 5.32 Å². The number of likely N-dealkylation sites (tertiary alicyclic amines) is 1. The maximum atomic E-state index is 11.7. The Morgan fingerprint density at radius 2 is 2.20 bits per heavy atom. The van der Waals surface area contributed by atoms with Crippen molar-refractivity contribution in [2.45, 2.75) is 51.4 Å². The van der Waals surface area contributed by atoms with Crippen LogP contribution >= 0.6 is 0 Å².